The average Bonchev–Trinajstić information content (AvgIpc) is 2.30. The Kier molecular flexibility index (Phi) is 3.21. The summed E-state index contributed by atoms with van der Waals surface area (Å²) in [4.78, 5) is 0. The molecule has 0 aliphatic rings. The maximum Gasteiger partial charge on any atom is 0.0131 e. The third-order valence-electron chi connectivity index (χ3n) is 2.28. The first kappa shape index (κ1) is 10.4. The lowest BCUT2D eigenvalue weighted by atomic mass is 10.0. The highest BCUT2D eigenvalue weighted by molar-refractivity contribution is 14.1. The first-order valence-electron chi connectivity index (χ1n) is 4.77. The van der Waals surface area contributed by atoms with Gasteiger partial charge in [0, 0.05) is 3.58 Å². The van der Waals surface area contributed by atoms with E-state index in [4.69, 9.17) is 0 Å². The molecule has 0 aliphatic heterocycles. The van der Waals surface area contributed by atoms with E-state index in [1.54, 1.807) is 0 Å². The monoisotopic (exact) mass is 306 g/mol. The van der Waals surface area contributed by atoms with E-state index in [-0.39, 0.29) is 0 Å². The van der Waals surface area contributed by atoms with Gasteiger partial charge in [0.05, 0.1) is 0 Å². The van der Waals surface area contributed by atoms with Crippen LogP contribution in [0.4, 0.5) is 0 Å². The first-order valence-corrected chi connectivity index (χ1v) is 5.85. The van der Waals surface area contributed by atoms with Crippen LogP contribution < -0.4 is 0 Å². The van der Waals surface area contributed by atoms with Crippen LogP contribution in [-0.2, 0) is 0 Å². The second-order valence-corrected chi connectivity index (χ2v) is 4.65. The molecule has 0 unspecified atom stereocenters. The lowest BCUT2D eigenvalue weighted by Gasteiger charge is -2.04. The molecule has 0 bridgehead atoms. The molecular weight excluding hydrogens is 295 g/mol. The summed E-state index contributed by atoms with van der Waals surface area (Å²) in [5, 5.41) is 0. The quantitative estimate of drug-likeness (QED) is 0.702. The number of hydrogen-bond donors (Lipinski definition) is 0. The van der Waals surface area contributed by atoms with Crippen molar-refractivity contribution >= 4 is 26.2 Å². The van der Waals surface area contributed by atoms with Crippen LogP contribution in [0.1, 0.15) is 5.56 Å². The van der Waals surface area contributed by atoms with Crippen LogP contribution in [0.15, 0.2) is 61.2 Å². The lowest BCUT2D eigenvalue weighted by molar-refractivity contribution is 1.60. The van der Waals surface area contributed by atoms with Gasteiger partial charge in [-0.25, -0.2) is 0 Å². The highest BCUT2D eigenvalue weighted by Gasteiger charge is 1.99. The van der Waals surface area contributed by atoms with E-state index in [0.29, 0.717) is 0 Å². The summed E-state index contributed by atoms with van der Waals surface area (Å²) >= 11 is 2.25. The van der Waals surface area contributed by atoms with Crippen molar-refractivity contribution < 1.29 is 0 Å². The summed E-state index contributed by atoms with van der Waals surface area (Å²) in [6.07, 6.45) is 0. The van der Waals surface area contributed by atoms with E-state index in [9.17, 15) is 0 Å². The molecule has 0 N–H and O–H groups in total. The van der Waals surface area contributed by atoms with Crippen molar-refractivity contribution in [3.8, 4) is 11.1 Å². The molecule has 0 nitrogen and oxygen atoms in total. The van der Waals surface area contributed by atoms with Crippen LogP contribution >= 0.6 is 22.6 Å². The molecule has 74 valence electrons. The summed E-state index contributed by atoms with van der Waals surface area (Å²) in [5.74, 6) is 0. The normalized spacial score (nSPS) is 9.93. The molecule has 0 radical (unpaired) electrons. The van der Waals surface area contributed by atoms with E-state index in [1.165, 1.54) is 16.7 Å². The largest absolute Gasteiger partial charge is 0.0850 e. The summed E-state index contributed by atoms with van der Waals surface area (Å²) in [6, 6.07) is 18.8. The third-order valence-corrected chi connectivity index (χ3v) is 2.91. The highest BCUT2D eigenvalue weighted by atomic mass is 127. The molecule has 0 saturated heterocycles. The van der Waals surface area contributed by atoms with Gasteiger partial charge < -0.3 is 0 Å². The van der Waals surface area contributed by atoms with Crippen molar-refractivity contribution in [2.24, 2.45) is 0 Å². The van der Waals surface area contributed by atoms with Crippen molar-refractivity contribution in [3.63, 3.8) is 0 Å². The fraction of sp³-hybridized carbons (Fsp3) is 0. The van der Waals surface area contributed by atoms with Gasteiger partial charge in [0.2, 0.25) is 0 Å². The Bertz CT molecular complexity index is 472. The Balaban J connectivity index is 2.46. The van der Waals surface area contributed by atoms with Gasteiger partial charge in [0.25, 0.3) is 0 Å². The first-order chi connectivity index (χ1) is 7.27. The minimum Gasteiger partial charge on any atom is -0.0850 e. The zero-order chi connectivity index (χ0) is 10.7. The van der Waals surface area contributed by atoms with Gasteiger partial charge in [-0.05, 0) is 45.3 Å². The van der Waals surface area contributed by atoms with Crippen LogP contribution in [-0.4, -0.2) is 0 Å². The smallest absolute Gasteiger partial charge is 0.0131 e. The predicted molar refractivity (Wildman–Crippen MR) is 74.9 cm³/mol. The maximum atomic E-state index is 3.95. The van der Waals surface area contributed by atoms with Crippen molar-refractivity contribution in [3.05, 3.63) is 66.7 Å². The molecule has 0 fully saturated rings. The minimum atomic E-state index is 1.07. The van der Waals surface area contributed by atoms with Crippen LogP contribution in [0.25, 0.3) is 14.7 Å². The summed E-state index contributed by atoms with van der Waals surface area (Å²) in [5.41, 5.74) is 3.68. The minimum absolute atomic E-state index is 1.07. The molecule has 0 aliphatic carbocycles. The van der Waals surface area contributed by atoms with Gasteiger partial charge >= 0.3 is 0 Å². The number of halogens is 1. The molecule has 0 heterocycles. The number of hydrogen-bond acceptors (Lipinski definition) is 0. The van der Waals surface area contributed by atoms with E-state index in [2.05, 4.69) is 77.7 Å². The van der Waals surface area contributed by atoms with Gasteiger partial charge in [-0.2, -0.15) is 0 Å². The molecule has 2 rings (SSSR count). The van der Waals surface area contributed by atoms with Crippen LogP contribution in [0.3, 0.4) is 0 Å². The highest BCUT2D eigenvalue weighted by Crippen LogP contribution is 2.25. The molecule has 2 aromatic carbocycles. The van der Waals surface area contributed by atoms with Crippen molar-refractivity contribution in [2.75, 3.05) is 0 Å². The molecule has 2 aromatic rings. The second-order valence-electron chi connectivity index (χ2n) is 3.35. The molecule has 0 atom stereocenters. The molecule has 0 aromatic heterocycles. The second kappa shape index (κ2) is 4.62. The van der Waals surface area contributed by atoms with Crippen LogP contribution in [0, 0.1) is 0 Å². The SMILES string of the molecule is C=C(I)c1cccc(-c2ccccc2)c1. The molecule has 1 heteroatoms. The zero-order valence-electron chi connectivity index (χ0n) is 8.28. The Hall–Kier alpha value is -1.09. The van der Waals surface area contributed by atoms with Gasteiger partial charge in [-0.1, -0.05) is 55.1 Å². The van der Waals surface area contributed by atoms with E-state index in [1.807, 2.05) is 6.07 Å². The third kappa shape index (κ3) is 2.48. The van der Waals surface area contributed by atoms with E-state index in [0.717, 1.165) is 3.58 Å². The fourth-order valence-electron chi connectivity index (χ4n) is 1.50. The molecule has 0 spiro atoms. The standard InChI is InChI=1S/C14H11I/c1-11(15)13-8-5-9-14(10-13)12-6-3-2-4-7-12/h2-10H,1H2. The van der Waals surface area contributed by atoms with E-state index >= 15 is 0 Å². The van der Waals surface area contributed by atoms with Gasteiger partial charge in [0.15, 0.2) is 0 Å². The number of benzene rings is 2. The van der Waals surface area contributed by atoms with Crippen LogP contribution in [0.2, 0.25) is 0 Å². The summed E-state index contributed by atoms with van der Waals surface area (Å²) in [6.45, 7) is 3.95. The summed E-state index contributed by atoms with van der Waals surface area (Å²) in [7, 11) is 0. The van der Waals surface area contributed by atoms with Crippen molar-refractivity contribution in [1.82, 2.24) is 0 Å². The van der Waals surface area contributed by atoms with Crippen molar-refractivity contribution in [2.45, 2.75) is 0 Å². The number of rotatable bonds is 2. The van der Waals surface area contributed by atoms with E-state index < -0.39 is 0 Å². The molecule has 15 heavy (non-hydrogen) atoms. The Labute approximate surface area is 104 Å². The fourth-order valence-corrected chi connectivity index (χ4v) is 1.83. The van der Waals surface area contributed by atoms with Gasteiger partial charge in [0.1, 0.15) is 0 Å². The maximum absolute atomic E-state index is 3.95. The molecule has 0 saturated carbocycles. The lowest BCUT2D eigenvalue weighted by Crippen LogP contribution is -1.79. The average molecular weight is 306 g/mol. The Morgan fingerprint density at radius 3 is 2.20 bits per heavy atom. The Morgan fingerprint density at radius 1 is 0.867 bits per heavy atom. The topological polar surface area (TPSA) is 0 Å². The molecular formula is C14H11I. The van der Waals surface area contributed by atoms with Crippen LogP contribution in [0.5, 0.6) is 0 Å². The zero-order valence-corrected chi connectivity index (χ0v) is 10.4. The van der Waals surface area contributed by atoms with Gasteiger partial charge in [-0.15, -0.1) is 0 Å². The molecule has 0 amide bonds. The predicted octanol–water partition coefficient (Wildman–Crippen LogP) is 4.76. The Morgan fingerprint density at radius 2 is 1.53 bits per heavy atom. The van der Waals surface area contributed by atoms with Gasteiger partial charge in [-0.3, -0.25) is 0 Å². The van der Waals surface area contributed by atoms with Crippen molar-refractivity contribution in [1.29, 1.82) is 0 Å². The summed E-state index contributed by atoms with van der Waals surface area (Å²) < 4.78 is 1.07.